The van der Waals surface area contributed by atoms with Crippen LogP contribution in [0.1, 0.15) is 28.4 Å². The maximum atomic E-state index is 10.8. The topological polar surface area (TPSA) is 89.1 Å². The molecule has 0 aliphatic heterocycles. The highest BCUT2D eigenvalue weighted by atomic mass is 35.5. The lowest BCUT2D eigenvalue weighted by Crippen LogP contribution is -2.10. The molecule has 0 radical (unpaired) electrons. The first-order chi connectivity index (χ1) is 6.61. The summed E-state index contributed by atoms with van der Waals surface area (Å²) in [6.07, 6.45) is 1.88. The van der Waals surface area contributed by atoms with Gasteiger partial charge in [0, 0.05) is 16.9 Å². The Balaban J connectivity index is 2.49. The van der Waals surface area contributed by atoms with Crippen LogP contribution in [0.4, 0.5) is 5.82 Å². The third kappa shape index (κ3) is 1.39. The standard InChI is InChI=1S/C8H8ClN3O2/c9-4-1-3(4)5-6(8(13)14)11-2-12-7(5)10/h2-4H,1H2,(H,13,14)(H2,10,11,12). The van der Waals surface area contributed by atoms with Crippen molar-refractivity contribution in [1.29, 1.82) is 0 Å². The van der Waals surface area contributed by atoms with Crippen LogP contribution in [-0.4, -0.2) is 26.4 Å². The van der Waals surface area contributed by atoms with Crippen LogP contribution in [-0.2, 0) is 0 Å². The summed E-state index contributed by atoms with van der Waals surface area (Å²) < 4.78 is 0. The molecule has 0 spiro atoms. The first-order valence-corrected chi connectivity index (χ1v) is 4.52. The number of rotatable bonds is 2. The van der Waals surface area contributed by atoms with E-state index in [0.29, 0.717) is 5.56 Å². The Morgan fingerprint density at radius 1 is 1.64 bits per heavy atom. The molecule has 0 amide bonds. The van der Waals surface area contributed by atoms with Crippen LogP contribution in [0.2, 0.25) is 0 Å². The summed E-state index contributed by atoms with van der Waals surface area (Å²) in [4.78, 5) is 18.3. The summed E-state index contributed by atoms with van der Waals surface area (Å²) in [5.74, 6) is -0.889. The molecule has 74 valence electrons. The van der Waals surface area contributed by atoms with Crippen molar-refractivity contribution in [3.8, 4) is 0 Å². The molecule has 14 heavy (non-hydrogen) atoms. The van der Waals surface area contributed by atoms with E-state index in [0.717, 1.165) is 12.7 Å². The smallest absolute Gasteiger partial charge is 0.354 e. The second-order valence-corrected chi connectivity index (χ2v) is 3.75. The van der Waals surface area contributed by atoms with Crippen LogP contribution in [0.15, 0.2) is 6.33 Å². The Bertz CT molecular complexity index is 396. The number of anilines is 1. The average molecular weight is 214 g/mol. The molecule has 0 bridgehead atoms. The largest absolute Gasteiger partial charge is 0.476 e. The second kappa shape index (κ2) is 3.09. The SMILES string of the molecule is Nc1ncnc(C(=O)O)c1C1CC1Cl. The summed E-state index contributed by atoms with van der Waals surface area (Å²) in [7, 11) is 0. The Hall–Kier alpha value is -1.36. The molecule has 1 saturated carbocycles. The summed E-state index contributed by atoms with van der Waals surface area (Å²) >= 11 is 5.83. The van der Waals surface area contributed by atoms with Crippen LogP contribution in [0.25, 0.3) is 0 Å². The van der Waals surface area contributed by atoms with Crippen molar-refractivity contribution in [1.82, 2.24) is 9.97 Å². The molecule has 1 aromatic heterocycles. The van der Waals surface area contributed by atoms with E-state index in [9.17, 15) is 4.79 Å². The lowest BCUT2D eigenvalue weighted by molar-refractivity contribution is 0.0689. The van der Waals surface area contributed by atoms with E-state index in [1.165, 1.54) is 0 Å². The van der Waals surface area contributed by atoms with Gasteiger partial charge in [-0.05, 0) is 6.42 Å². The number of carboxylic acids is 1. The maximum absolute atomic E-state index is 10.8. The van der Waals surface area contributed by atoms with Crippen LogP contribution in [0, 0.1) is 0 Å². The van der Waals surface area contributed by atoms with Crippen LogP contribution < -0.4 is 5.73 Å². The predicted molar refractivity (Wildman–Crippen MR) is 50.4 cm³/mol. The summed E-state index contributed by atoms with van der Waals surface area (Å²) in [5.41, 5.74) is 6.03. The Morgan fingerprint density at radius 2 is 2.29 bits per heavy atom. The van der Waals surface area contributed by atoms with Crippen molar-refractivity contribution < 1.29 is 9.90 Å². The fourth-order valence-electron chi connectivity index (χ4n) is 1.41. The molecule has 1 aromatic rings. The van der Waals surface area contributed by atoms with Gasteiger partial charge in [-0.3, -0.25) is 0 Å². The molecule has 1 aliphatic rings. The van der Waals surface area contributed by atoms with Crippen molar-refractivity contribution in [2.24, 2.45) is 0 Å². The third-order valence-electron chi connectivity index (χ3n) is 2.20. The zero-order chi connectivity index (χ0) is 10.3. The van der Waals surface area contributed by atoms with Gasteiger partial charge in [0.2, 0.25) is 0 Å². The number of aromatic nitrogens is 2. The van der Waals surface area contributed by atoms with E-state index in [2.05, 4.69) is 9.97 Å². The van der Waals surface area contributed by atoms with Crippen molar-refractivity contribution in [2.45, 2.75) is 17.7 Å². The molecule has 6 heteroatoms. The number of aromatic carboxylic acids is 1. The lowest BCUT2D eigenvalue weighted by Gasteiger charge is -2.05. The first kappa shape index (κ1) is 9.21. The number of hydrogen-bond acceptors (Lipinski definition) is 4. The minimum atomic E-state index is -1.09. The maximum Gasteiger partial charge on any atom is 0.354 e. The minimum absolute atomic E-state index is 0.0102. The third-order valence-corrected chi connectivity index (χ3v) is 2.68. The van der Waals surface area contributed by atoms with Gasteiger partial charge in [0.1, 0.15) is 12.1 Å². The summed E-state index contributed by atoms with van der Waals surface area (Å²) in [5, 5.41) is 8.82. The number of carbonyl (C=O) groups is 1. The molecule has 0 aromatic carbocycles. The van der Waals surface area contributed by atoms with Gasteiger partial charge in [-0.1, -0.05) is 0 Å². The monoisotopic (exact) mass is 213 g/mol. The predicted octanol–water partition coefficient (Wildman–Crippen LogP) is 0.852. The average Bonchev–Trinajstić information content (AvgIpc) is 2.81. The number of carboxylic acid groups (broad SMARTS) is 1. The van der Waals surface area contributed by atoms with Crippen molar-refractivity contribution in [3.63, 3.8) is 0 Å². The molecule has 5 nitrogen and oxygen atoms in total. The quantitative estimate of drug-likeness (QED) is 0.711. The number of alkyl halides is 1. The number of hydrogen-bond donors (Lipinski definition) is 2. The van der Waals surface area contributed by atoms with Gasteiger partial charge >= 0.3 is 5.97 Å². The van der Waals surface area contributed by atoms with E-state index >= 15 is 0 Å². The van der Waals surface area contributed by atoms with E-state index in [-0.39, 0.29) is 22.8 Å². The molecule has 1 aliphatic carbocycles. The Morgan fingerprint density at radius 3 is 2.79 bits per heavy atom. The van der Waals surface area contributed by atoms with Crippen LogP contribution in [0.3, 0.4) is 0 Å². The van der Waals surface area contributed by atoms with E-state index < -0.39 is 5.97 Å². The number of nitrogen functional groups attached to an aromatic ring is 1. The molecular weight excluding hydrogens is 206 g/mol. The fourth-order valence-corrected chi connectivity index (χ4v) is 1.73. The molecule has 1 heterocycles. The molecule has 2 atom stereocenters. The molecular formula is C8H8ClN3O2. The van der Waals surface area contributed by atoms with Crippen molar-refractivity contribution in [3.05, 3.63) is 17.6 Å². The Kier molecular flexibility index (Phi) is 2.03. The van der Waals surface area contributed by atoms with Gasteiger partial charge in [0.25, 0.3) is 0 Å². The minimum Gasteiger partial charge on any atom is -0.476 e. The molecule has 2 unspecified atom stereocenters. The molecule has 3 N–H and O–H groups in total. The summed E-state index contributed by atoms with van der Waals surface area (Å²) in [6, 6.07) is 0. The highest BCUT2D eigenvalue weighted by Crippen LogP contribution is 2.47. The first-order valence-electron chi connectivity index (χ1n) is 4.09. The van der Waals surface area contributed by atoms with E-state index in [4.69, 9.17) is 22.4 Å². The highest BCUT2D eigenvalue weighted by Gasteiger charge is 2.41. The summed E-state index contributed by atoms with van der Waals surface area (Å²) in [6.45, 7) is 0. The van der Waals surface area contributed by atoms with Gasteiger partial charge in [0.05, 0.1) is 0 Å². The molecule has 0 saturated heterocycles. The fraction of sp³-hybridized carbons (Fsp3) is 0.375. The van der Waals surface area contributed by atoms with Gasteiger partial charge in [-0.25, -0.2) is 14.8 Å². The van der Waals surface area contributed by atoms with Gasteiger partial charge in [-0.15, -0.1) is 11.6 Å². The molecule has 2 rings (SSSR count). The zero-order valence-electron chi connectivity index (χ0n) is 7.14. The lowest BCUT2D eigenvalue weighted by atomic mass is 10.1. The van der Waals surface area contributed by atoms with Gasteiger partial charge < -0.3 is 10.8 Å². The number of nitrogens with zero attached hydrogens (tertiary/aromatic N) is 2. The van der Waals surface area contributed by atoms with Crippen LogP contribution in [0.5, 0.6) is 0 Å². The van der Waals surface area contributed by atoms with Gasteiger partial charge in [-0.2, -0.15) is 0 Å². The van der Waals surface area contributed by atoms with Crippen LogP contribution >= 0.6 is 11.6 Å². The van der Waals surface area contributed by atoms with E-state index in [1.807, 2.05) is 0 Å². The highest BCUT2D eigenvalue weighted by molar-refractivity contribution is 6.23. The van der Waals surface area contributed by atoms with Gasteiger partial charge in [0.15, 0.2) is 5.69 Å². The van der Waals surface area contributed by atoms with Crippen molar-refractivity contribution in [2.75, 3.05) is 5.73 Å². The Labute approximate surface area is 84.9 Å². The number of nitrogens with two attached hydrogens (primary N) is 1. The van der Waals surface area contributed by atoms with E-state index in [1.54, 1.807) is 0 Å². The second-order valence-electron chi connectivity index (χ2n) is 3.18. The normalized spacial score (nSPS) is 24.6. The molecule has 1 fully saturated rings. The number of halogens is 1. The van der Waals surface area contributed by atoms with Crippen molar-refractivity contribution >= 4 is 23.4 Å². The zero-order valence-corrected chi connectivity index (χ0v) is 7.90.